The molecule has 11 nitrogen and oxygen atoms in total. The second-order valence-corrected chi connectivity index (χ2v) is 9.61. The Morgan fingerprint density at radius 1 is 1.08 bits per heavy atom. The van der Waals surface area contributed by atoms with Crippen LogP contribution in [0.25, 0.3) is 33.9 Å². The number of aromatic nitrogens is 8. The summed E-state index contributed by atoms with van der Waals surface area (Å²) in [5, 5.41) is 8.72. The maximum atomic E-state index is 13.7. The summed E-state index contributed by atoms with van der Waals surface area (Å²) in [5.41, 5.74) is 2.68. The van der Waals surface area contributed by atoms with E-state index in [1.807, 2.05) is 41.3 Å². The molecule has 4 heterocycles. The monoisotopic (exact) mass is 512 g/mol. The second kappa shape index (κ2) is 9.82. The van der Waals surface area contributed by atoms with Crippen LogP contribution in [-0.2, 0) is 4.74 Å². The lowest BCUT2D eigenvalue weighted by Gasteiger charge is -2.14. The molecule has 4 aromatic heterocycles. The lowest BCUT2D eigenvalue weighted by molar-refractivity contribution is 0.146. The van der Waals surface area contributed by atoms with Crippen LogP contribution in [0.1, 0.15) is 44.3 Å². The summed E-state index contributed by atoms with van der Waals surface area (Å²) in [5.74, 6) is 2.19. The first kappa shape index (κ1) is 24.0. The largest absolute Gasteiger partial charge is 0.489 e. The van der Waals surface area contributed by atoms with Gasteiger partial charge in [0.2, 0.25) is 0 Å². The van der Waals surface area contributed by atoms with E-state index < -0.39 is 0 Å². The van der Waals surface area contributed by atoms with Gasteiger partial charge >= 0.3 is 0 Å². The van der Waals surface area contributed by atoms with Crippen molar-refractivity contribution >= 4 is 10.9 Å². The zero-order chi connectivity index (χ0) is 26.2. The van der Waals surface area contributed by atoms with Crippen molar-refractivity contribution in [1.29, 1.82) is 0 Å². The molecular weight excluding hydrogens is 484 g/mol. The van der Waals surface area contributed by atoms with Crippen molar-refractivity contribution in [2.75, 3.05) is 20.3 Å². The van der Waals surface area contributed by atoms with Crippen LogP contribution in [0.3, 0.4) is 0 Å². The molecule has 1 aromatic carbocycles. The number of fused-ring (bicyclic) bond motifs is 1. The Morgan fingerprint density at radius 2 is 1.95 bits per heavy atom. The van der Waals surface area contributed by atoms with Crippen LogP contribution in [0.5, 0.6) is 5.75 Å². The molecule has 0 amide bonds. The van der Waals surface area contributed by atoms with Crippen LogP contribution in [0.4, 0.5) is 0 Å². The summed E-state index contributed by atoms with van der Waals surface area (Å²) in [7, 11) is 1.63. The Kier molecular flexibility index (Phi) is 6.20. The Morgan fingerprint density at radius 3 is 2.74 bits per heavy atom. The van der Waals surface area contributed by atoms with Crippen molar-refractivity contribution in [1.82, 2.24) is 38.9 Å². The van der Waals surface area contributed by atoms with Gasteiger partial charge in [0.1, 0.15) is 36.5 Å². The SMILES string of the molecule is COCCOc1cc2ncn(-c3cccc(-c4nncn4C(C)C)n3)c(=O)c2cc1-n1cnc(C2CC2)c1. The lowest BCUT2D eigenvalue weighted by Crippen LogP contribution is -2.20. The zero-order valence-corrected chi connectivity index (χ0v) is 21.5. The van der Waals surface area contributed by atoms with Gasteiger partial charge < -0.3 is 18.6 Å². The maximum absolute atomic E-state index is 13.7. The fourth-order valence-corrected chi connectivity index (χ4v) is 4.40. The Labute approximate surface area is 218 Å². The molecule has 5 aromatic rings. The van der Waals surface area contributed by atoms with E-state index in [0.717, 1.165) is 24.2 Å². The highest BCUT2D eigenvalue weighted by atomic mass is 16.5. The fraction of sp³-hybridized carbons (Fsp3) is 0.333. The summed E-state index contributed by atoms with van der Waals surface area (Å²) in [6.07, 6.45) is 9.25. The Balaban J connectivity index is 1.45. The highest BCUT2D eigenvalue weighted by molar-refractivity contribution is 5.83. The van der Waals surface area contributed by atoms with E-state index in [2.05, 4.69) is 20.2 Å². The summed E-state index contributed by atoms with van der Waals surface area (Å²) in [6.45, 7) is 4.91. The molecule has 0 bridgehead atoms. The van der Waals surface area contributed by atoms with Crippen molar-refractivity contribution in [3.8, 4) is 28.8 Å². The Hall–Kier alpha value is -4.38. The van der Waals surface area contributed by atoms with Crippen molar-refractivity contribution in [3.63, 3.8) is 0 Å². The smallest absolute Gasteiger partial charge is 0.267 e. The molecular formula is C27H28N8O3. The first-order valence-corrected chi connectivity index (χ1v) is 12.6. The number of hydrogen-bond acceptors (Lipinski definition) is 8. The van der Waals surface area contributed by atoms with Gasteiger partial charge in [-0.3, -0.25) is 9.36 Å². The number of imidazole rings is 1. The number of rotatable bonds is 9. The van der Waals surface area contributed by atoms with Crippen LogP contribution >= 0.6 is 0 Å². The van der Waals surface area contributed by atoms with Crippen LogP contribution in [-0.4, -0.2) is 59.2 Å². The molecule has 0 spiro atoms. The van der Waals surface area contributed by atoms with E-state index in [1.165, 1.54) is 10.9 Å². The van der Waals surface area contributed by atoms with Gasteiger partial charge in [0.25, 0.3) is 5.56 Å². The minimum atomic E-state index is -0.239. The van der Waals surface area contributed by atoms with Crippen LogP contribution in [0, 0.1) is 0 Å². The minimum absolute atomic E-state index is 0.165. The van der Waals surface area contributed by atoms with Crippen LogP contribution in [0.15, 0.2) is 60.3 Å². The molecule has 194 valence electrons. The number of methoxy groups -OCH3 is 1. The molecule has 0 unspecified atom stereocenters. The topological polar surface area (TPSA) is 115 Å². The number of nitrogens with zero attached hydrogens (tertiary/aromatic N) is 8. The van der Waals surface area contributed by atoms with Gasteiger partial charge in [-0.1, -0.05) is 6.07 Å². The van der Waals surface area contributed by atoms with Gasteiger partial charge in [-0.25, -0.2) is 15.0 Å². The van der Waals surface area contributed by atoms with E-state index in [4.69, 9.17) is 14.5 Å². The molecule has 0 saturated heterocycles. The molecule has 0 radical (unpaired) electrons. The second-order valence-electron chi connectivity index (χ2n) is 9.61. The molecule has 1 saturated carbocycles. The van der Waals surface area contributed by atoms with E-state index in [0.29, 0.717) is 53.1 Å². The lowest BCUT2D eigenvalue weighted by atomic mass is 10.2. The van der Waals surface area contributed by atoms with Gasteiger partial charge in [0.15, 0.2) is 5.82 Å². The third-order valence-corrected chi connectivity index (χ3v) is 6.60. The summed E-state index contributed by atoms with van der Waals surface area (Å²) >= 11 is 0. The molecule has 0 aliphatic heterocycles. The third kappa shape index (κ3) is 4.45. The van der Waals surface area contributed by atoms with Gasteiger partial charge in [-0.05, 0) is 44.9 Å². The minimum Gasteiger partial charge on any atom is -0.489 e. The van der Waals surface area contributed by atoms with E-state index >= 15 is 0 Å². The molecule has 0 atom stereocenters. The van der Waals surface area contributed by atoms with Crippen molar-refractivity contribution < 1.29 is 9.47 Å². The first-order valence-electron chi connectivity index (χ1n) is 12.6. The van der Waals surface area contributed by atoms with E-state index in [-0.39, 0.29) is 11.6 Å². The fourth-order valence-electron chi connectivity index (χ4n) is 4.40. The van der Waals surface area contributed by atoms with Gasteiger partial charge in [-0.15, -0.1) is 10.2 Å². The summed E-state index contributed by atoms with van der Waals surface area (Å²) < 4.78 is 16.5. The van der Waals surface area contributed by atoms with Crippen LogP contribution < -0.4 is 10.3 Å². The van der Waals surface area contributed by atoms with Crippen molar-refractivity contribution in [3.05, 3.63) is 71.6 Å². The van der Waals surface area contributed by atoms with Gasteiger partial charge in [0.05, 0.1) is 35.2 Å². The van der Waals surface area contributed by atoms with Crippen LogP contribution in [0.2, 0.25) is 0 Å². The molecule has 1 fully saturated rings. The zero-order valence-electron chi connectivity index (χ0n) is 21.5. The molecule has 38 heavy (non-hydrogen) atoms. The number of ether oxygens (including phenoxy) is 2. The van der Waals surface area contributed by atoms with Crippen molar-refractivity contribution in [2.24, 2.45) is 0 Å². The van der Waals surface area contributed by atoms with E-state index in [9.17, 15) is 4.79 Å². The quantitative estimate of drug-likeness (QED) is 0.275. The molecule has 6 rings (SSSR count). The molecule has 1 aliphatic rings. The molecule has 0 N–H and O–H groups in total. The normalized spacial score (nSPS) is 13.5. The molecule has 1 aliphatic carbocycles. The number of hydrogen-bond donors (Lipinski definition) is 0. The number of pyridine rings is 1. The third-order valence-electron chi connectivity index (χ3n) is 6.60. The highest BCUT2D eigenvalue weighted by Crippen LogP contribution is 2.39. The maximum Gasteiger partial charge on any atom is 0.267 e. The average molecular weight is 513 g/mol. The first-order chi connectivity index (χ1) is 18.5. The van der Waals surface area contributed by atoms with Gasteiger partial charge in [0, 0.05) is 31.3 Å². The number of benzene rings is 1. The predicted molar refractivity (Wildman–Crippen MR) is 141 cm³/mol. The predicted octanol–water partition coefficient (Wildman–Crippen LogP) is 3.71. The highest BCUT2D eigenvalue weighted by Gasteiger charge is 2.26. The Bertz CT molecular complexity index is 1660. The molecule has 11 heteroatoms. The van der Waals surface area contributed by atoms with Gasteiger partial charge in [-0.2, -0.15) is 0 Å². The average Bonchev–Trinajstić information content (AvgIpc) is 3.44. The van der Waals surface area contributed by atoms with Crippen molar-refractivity contribution in [2.45, 2.75) is 38.6 Å². The van der Waals surface area contributed by atoms with E-state index in [1.54, 1.807) is 38.0 Å². The summed E-state index contributed by atoms with van der Waals surface area (Å²) in [6, 6.07) is 9.23. The standard InChI is InChI=1S/C27H28N8O3/c1-17(2)34-16-30-32-26(34)20-5-4-6-25(31-20)35-15-29-21-12-24(38-10-9-37-3)23(11-19(21)27(35)36)33-13-22(28-14-33)18-7-8-18/h4-6,11-18H,7-10H2,1-3H3. The summed E-state index contributed by atoms with van der Waals surface area (Å²) in [4.78, 5) is 27.6.